The van der Waals surface area contributed by atoms with Crippen LogP contribution in [-0.2, 0) is 0 Å². The summed E-state index contributed by atoms with van der Waals surface area (Å²) in [5.41, 5.74) is 0. The largest absolute Gasteiger partial charge is 0.395 e. The zero-order valence-corrected chi connectivity index (χ0v) is 16.1. The van der Waals surface area contributed by atoms with Gasteiger partial charge in [0.25, 0.3) is 0 Å². The lowest BCUT2D eigenvalue weighted by atomic mass is 10.2. The molecule has 0 aliphatic carbocycles. The summed E-state index contributed by atoms with van der Waals surface area (Å²) >= 11 is 0. The molecule has 21 heavy (non-hydrogen) atoms. The summed E-state index contributed by atoms with van der Waals surface area (Å²) in [6, 6.07) is 0.403. The van der Waals surface area contributed by atoms with Gasteiger partial charge in [-0.1, -0.05) is 41.5 Å². The van der Waals surface area contributed by atoms with Crippen molar-refractivity contribution in [1.82, 2.24) is 15.1 Å². The second-order valence-corrected chi connectivity index (χ2v) is 4.58. The van der Waals surface area contributed by atoms with Gasteiger partial charge >= 0.3 is 0 Å². The maximum atomic E-state index is 8.50. The van der Waals surface area contributed by atoms with E-state index in [4.69, 9.17) is 5.11 Å². The van der Waals surface area contributed by atoms with Gasteiger partial charge in [-0.3, -0.25) is 0 Å². The zero-order valence-electron chi connectivity index (χ0n) is 16.1. The molecule has 1 unspecified atom stereocenters. The van der Waals surface area contributed by atoms with Crippen LogP contribution in [0.15, 0.2) is 0 Å². The molecule has 0 radical (unpaired) electrons. The predicted molar refractivity (Wildman–Crippen MR) is 97.1 cm³/mol. The molecule has 2 heterocycles. The maximum Gasteiger partial charge on any atom is 0.0584 e. The van der Waals surface area contributed by atoms with Crippen molar-refractivity contribution in [2.45, 2.75) is 60.4 Å². The summed E-state index contributed by atoms with van der Waals surface area (Å²) in [5.74, 6) is 0. The van der Waals surface area contributed by atoms with E-state index in [0.29, 0.717) is 12.6 Å². The first-order chi connectivity index (χ1) is 10.2. The molecule has 1 atom stereocenters. The van der Waals surface area contributed by atoms with Crippen LogP contribution in [0.1, 0.15) is 54.4 Å². The van der Waals surface area contributed by atoms with Gasteiger partial charge in [-0.2, -0.15) is 0 Å². The predicted octanol–water partition coefficient (Wildman–Crippen LogP) is 2.67. The first-order valence-electron chi connectivity index (χ1n) is 8.93. The zero-order chi connectivity index (χ0) is 17.1. The summed E-state index contributed by atoms with van der Waals surface area (Å²) in [7, 11) is 4.35. The number of aliphatic hydroxyl groups is 1. The van der Waals surface area contributed by atoms with Crippen LogP contribution in [-0.4, -0.2) is 74.4 Å². The van der Waals surface area contributed by atoms with Gasteiger partial charge in [0.2, 0.25) is 0 Å². The maximum absolute atomic E-state index is 8.50. The molecule has 0 bridgehead atoms. The third-order valence-corrected chi connectivity index (χ3v) is 3.11. The Labute approximate surface area is 134 Å². The molecule has 4 nitrogen and oxygen atoms in total. The second-order valence-electron chi connectivity index (χ2n) is 4.58. The van der Waals surface area contributed by atoms with Gasteiger partial charge in [0.15, 0.2) is 0 Å². The lowest BCUT2D eigenvalue weighted by Gasteiger charge is -2.28. The van der Waals surface area contributed by atoms with Crippen LogP contribution in [0.25, 0.3) is 0 Å². The Morgan fingerprint density at radius 3 is 1.43 bits per heavy atom. The van der Waals surface area contributed by atoms with Gasteiger partial charge < -0.3 is 20.2 Å². The highest BCUT2D eigenvalue weighted by atomic mass is 16.3. The summed E-state index contributed by atoms with van der Waals surface area (Å²) in [4.78, 5) is 4.72. The molecule has 2 fully saturated rings. The van der Waals surface area contributed by atoms with Crippen molar-refractivity contribution in [3.8, 4) is 0 Å². The normalized spacial score (nSPS) is 21.3. The van der Waals surface area contributed by atoms with Crippen LogP contribution in [0.3, 0.4) is 0 Å². The SMILES string of the molecule is CC.CC.CC.CN1CCN(C)CC1.OCC1CCCN1. The van der Waals surface area contributed by atoms with E-state index in [1.165, 1.54) is 32.6 Å². The molecule has 0 saturated carbocycles. The number of hydrogen-bond acceptors (Lipinski definition) is 4. The fraction of sp³-hybridized carbons (Fsp3) is 1.00. The molecule has 0 aromatic carbocycles. The molecule has 132 valence electrons. The van der Waals surface area contributed by atoms with Crippen molar-refractivity contribution in [2.24, 2.45) is 0 Å². The van der Waals surface area contributed by atoms with Crippen LogP contribution in [0.2, 0.25) is 0 Å². The Morgan fingerprint density at radius 1 is 0.857 bits per heavy atom. The first-order valence-corrected chi connectivity index (χ1v) is 8.93. The molecule has 0 amide bonds. The van der Waals surface area contributed by atoms with Gasteiger partial charge in [-0.15, -0.1) is 0 Å². The van der Waals surface area contributed by atoms with E-state index in [1.807, 2.05) is 41.5 Å². The van der Waals surface area contributed by atoms with Gasteiger partial charge in [-0.25, -0.2) is 0 Å². The monoisotopic (exact) mass is 305 g/mol. The van der Waals surface area contributed by atoms with Gasteiger partial charge in [0.05, 0.1) is 6.61 Å². The molecular formula is C17H43N3O. The molecule has 2 aliphatic heterocycles. The Morgan fingerprint density at radius 2 is 1.24 bits per heavy atom. The Bertz CT molecular complexity index is 144. The topological polar surface area (TPSA) is 38.7 Å². The van der Waals surface area contributed by atoms with Crippen molar-refractivity contribution < 1.29 is 5.11 Å². The van der Waals surface area contributed by atoms with Crippen molar-refractivity contribution >= 4 is 0 Å². The van der Waals surface area contributed by atoms with Crippen LogP contribution >= 0.6 is 0 Å². The average Bonchev–Trinajstić information content (AvgIpc) is 3.10. The smallest absolute Gasteiger partial charge is 0.0584 e. The van der Waals surface area contributed by atoms with Crippen LogP contribution in [0.5, 0.6) is 0 Å². The number of rotatable bonds is 1. The van der Waals surface area contributed by atoms with Gasteiger partial charge in [0, 0.05) is 32.2 Å². The highest BCUT2D eigenvalue weighted by Gasteiger charge is 2.10. The van der Waals surface area contributed by atoms with E-state index in [1.54, 1.807) is 0 Å². The first kappa shape index (κ1) is 25.8. The summed E-state index contributed by atoms with van der Waals surface area (Å²) < 4.78 is 0. The number of likely N-dealkylation sites (N-methyl/N-ethyl adjacent to an activating group) is 2. The Balaban J connectivity index is -0.000000229. The van der Waals surface area contributed by atoms with E-state index in [9.17, 15) is 0 Å². The van der Waals surface area contributed by atoms with Crippen molar-refractivity contribution in [1.29, 1.82) is 0 Å². The van der Waals surface area contributed by atoms with Crippen LogP contribution in [0.4, 0.5) is 0 Å². The fourth-order valence-corrected chi connectivity index (χ4v) is 1.82. The molecular weight excluding hydrogens is 262 g/mol. The average molecular weight is 306 g/mol. The van der Waals surface area contributed by atoms with Gasteiger partial charge in [-0.05, 0) is 33.5 Å². The fourth-order valence-electron chi connectivity index (χ4n) is 1.82. The summed E-state index contributed by atoms with van der Waals surface area (Å²) in [6.45, 7) is 18.3. The van der Waals surface area contributed by atoms with E-state index in [-0.39, 0.29) is 0 Å². The molecule has 2 aliphatic rings. The molecule has 2 N–H and O–H groups in total. The lowest BCUT2D eigenvalue weighted by molar-refractivity contribution is 0.181. The number of nitrogens with zero attached hydrogens (tertiary/aromatic N) is 2. The standard InChI is InChI=1S/C6H14N2.C5H11NO.3C2H6/c1-7-3-5-8(2)6-4-7;7-4-5-2-1-3-6-5;3*1-2/h3-6H2,1-2H3;5-7H,1-4H2;3*1-2H3. The number of aliphatic hydroxyl groups excluding tert-OH is 1. The Hall–Kier alpha value is -0.160. The highest BCUT2D eigenvalue weighted by Crippen LogP contribution is 2.02. The summed E-state index contributed by atoms with van der Waals surface area (Å²) in [5, 5.41) is 11.7. The summed E-state index contributed by atoms with van der Waals surface area (Å²) in [6.07, 6.45) is 2.38. The van der Waals surface area contributed by atoms with Crippen molar-refractivity contribution in [3.63, 3.8) is 0 Å². The number of nitrogens with one attached hydrogen (secondary N) is 1. The van der Waals surface area contributed by atoms with E-state index in [2.05, 4.69) is 29.2 Å². The van der Waals surface area contributed by atoms with Crippen molar-refractivity contribution in [2.75, 3.05) is 53.4 Å². The Kier molecular flexibility index (Phi) is 27.2. The third kappa shape index (κ3) is 17.8. The molecule has 2 saturated heterocycles. The molecule has 4 heteroatoms. The number of piperazine rings is 1. The molecule has 0 spiro atoms. The van der Waals surface area contributed by atoms with E-state index in [0.717, 1.165) is 13.0 Å². The lowest BCUT2D eigenvalue weighted by Crippen LogP contribution is -2.42. The highest BCUT2D eigenvalue weighted by molar-refractivity contribution is 4.71. The van der Waals surface area contributed by atoms with E-state index >= 15 is 0 Å². The minimum Gasteiger partial charge on any atom is -0.395 e. The quantitative estimate of drug-likeness (QED) is 0.781. The van der Waals surface area contributed by atoms with Gasteiger partial charge in [0.1, 0.15) is 0 Å². The number of hydrogen-bond donors (Lipinski definition) is 2. The minimum absolute atomic E-state index is 0.306. The van der Waals surface area contributed by atoms with Crippen molar-refractivity contribution in [3.05, 3.63) is 0 Å². The third-order valence-electron chi connectivity index (χ3n) is 3.11. The molecule has 0 aromatic heterocycles. The molecule has 2 rings (SSSR count). The molecule has 0 aromatic rings. The van der Waals surface area contributed by atoms with E-state index < -0.39 is 0 Å². The van der Waals surface area contributed by atoms with Crippen LogP contribution < -0.4 is 5.32 Å². The second kappa shape index (κ2) is 22.1. The minimum atomic E-state index is 0.306. The van der Waals surface area contributed by atoms with Crippen LogP contribution in [0, 0.1) is 0 Å².